The highest BCUT2D eigenvalue weighted by atomic mass is 35.5. The molecule has 112 valence electrons. The fourth-order valence-corrected chi connectivity index (χ4v) is 2.41. The summed E-state index contributed by atoms with van der Waals surface area (Å²) in [6, 6.07) is 7.90. The molecule has 0 saturated carbocycles. The Morgan fingerprint density at radius 3 is 2.48 bits per heavy atom. The molecule has 0 radical (unpaired) electrons. The Balaban J connectivity index is 2.16. The van der Waals surface area contributed by atoms with E-state index in [1.807, 2.05) is 7.05 Å². The summed E-state index contributed by atoms with van der Waals surface area (Å²) in [4.78, 5) is 0. The second-order valence-electron chi connectivity index (χ2n) is 4.44. The van der Waals surface area contributed by atoms with Crippen molar-refractivity contribution in [1.29, 1.82) is 0 Å². The van der Waals surface area contributed by atoms with Crippen molar-refractivity contribution in [1.82, 2.24) is 5.32 Å². The van der Waals surface area contributed by atoms with Gasteiger partial charge in [0.25, 0.3) is 0 Å². The molecular weight excluding hydrogens is 336 g/mol. The maximum atomic E-state index is 13.8. The van der Waals surface area contributed by atoms with Crippen LogP contribution in [0.5, 0.6) is 5.75 Å². The van der Waals surface area contributed by atoms with Crippen LogP contribution in [0.25, 0.3) is 0 Å². The van der Waals surface area contributed by atoms with Crippen LogP contribution in [0, 0.1) is 5.82 Å². The average Bonchev–Trinajstić information content (AvgIpc) is 2.44. The topological polar surface area (TPSA) is 21.3 Å². The number of nitrogens with one attached hydrogen (secondary N) is 1. The zero-order valence-electron chi connectivity index (χ0n) is 11.2. The lowest BCUT2D eigenvalue weighted by Gasteiger charge is -2.11. The van der Waals surface area contributed by atoms with E-state index in [0.717, 1.165) is 5.56 Å². The molecule has 2 aromatic rings. The minimum atomic E-state index is -0.328. The van der Waals surface area contributed by atoms with Gasteiger partial charge in [-0.25, -0.2) is 4.39 Å². The van der Waals surface area contributed by atoms with Gasteiger partial charge in [-0.3, -0.25) is 0 Å². The summed E-state index contributed by atoms with van der Waals surface area (Å²) >= 11 is 17.8. The molecule has 0 bridgehead atoms. The predicted molar refractivity (Wildman–Crippen MR) is 85.0 cm³/mol. The van der Waals surface area contributed by atoms with E-state index in [-0.39, 0.29) is 12.4 Å². The van der Waals surface area contributed by atoms with Crippen LogP contribution >= 0.6 is 34.8 Å². The van der Waals surface area contributed by atoms with E-state index < -0.39 is 0 Å². The molecule has 21 heavy (non-hydrogen) atoms. The summed E-state index contributed by atoms with van der Waals surface area (Å²) in [5, 5.41) is 4.02. The van der Waals surface area contributed by atoms with Gasteiger partial charge in [0.2, 0.25) is 0 Å². The highest BCUT2D eigenvalue weighted by Gasteiger charge is 2.09. The first-order valence-corrected chi connectivity index (χ1v) is 7.34. The van der Waals surface area contributed by atoms with Crippen molar-refractivity contribution in [2.45, 2.75) is 13.2 Å². The Morgan fingerprint density at radius 1 is 1.05 bits per heavy atom. The summed E-state index contributed by atoms with van der Waals surface area (Å²) < 4.78 is 19.3. The van der Waals surface area contributed by atoms with Crippen molar-refractivity contribution in [2.75, 3.05) is 7.05 Å². The van der Waals surface area contributed by atoms with E-state index >= 15 is 0 Å². The van der Waals surface area contributed by atoms with E-state index in [4.69, 9.17) is 39.5 Å². The van der Waals surface area contributed by atoms with Crippen molar-refractivity contribution in [3.8, 4) is 5.75 Å². The number of ether oxygens (including phenoxy) is 1. The lowest BCUT2D eigenvalue weighted by Crippen LogP contribution is -2.07. The molecule has 2 nitrogen and oxygen atoms in total. The Hall–Kier alpha value is -1.000. The van der Waals surface area contributed by atoms with Gasteiger partial charge in [-0.15, -0.1) is 0 Å². The molecule has 1 N–H and O–H groups in total. The van der Waals surface area contributed by atoms with Gasteiger partial charge >= 0.3 is 0 Å². The van der Waals surface area contributed by atoms with E-state index in [1.165, 1.54) is 18.2 Å². The molecule has 0 unspecified atom stereocenters. The largest absolute Gasteiger partial charge is 0.487 e. The van der Waals surface area contributed by atoms with E-state index in [0.29, 0.717) is 32.9 Å². The van der Waals surface area contributed by atoms with Gasteiger partial charge in [-0.1, -0.05) is 40.9 Å². The average molecular weight is 349 g/mol. The molecule has 2 aromatic carbocycles. The fraction of sp³-hybridized carbons (Fsp3) is 0.200. The molecule has 0 aliphatic heterocycles. The molecule has 0 amide bonds. The summed E-state index contributed by atoms with van der Waals surface area (Å²) in [5.74, 6) is 0.0375. The van der Waals surface area contributed by atoms with Crippen LogP contribution in [0.4, 0.5) is 4.39 Å². The number of hydrogen-bond donors (Lipinski definition) is 1. The van der Waals surface area contributed by atoms with Crippen LogP contribution in [-0.2, 0) is 13.2 Å². The van der Waals surface area contributed by atoms with Gasteiger partial charge in [0.05, 0.1) is 15.1 Å². The van der Waals surface area contributed by atoms with Crippen LogP contribution in [0.3, 0.4) is 0 Å². The van der Waals surface area contributed by atoms with Crippen molar-refractivity contribution >= 4 is 34.8 Å². The molecule has 2 rings (SSSR count). The monoisotopic (exact) mass is 347 g/mol. The van der Waals surface area contributed by atoms with Crippen LogP contribution in [0.1, 0.15) is 11.1 Å². The lowest BCUT2D eigenvalue weighted by atomic mass is 10.1. The Kier molecular flexibility index (Phi) is 5.71. The molecule has 6 heteroatoms. The molecule has 0 spiro atoms. The quantitative estimate of drug-likeness (QED) is 0.760. The Labute approximate surface area is 137 Å². The SMILES string of the molecule is CNCc1ccc(F)c(COc2cc(Cl)c(Cl)cc2Cl)c1. The van der Waals surface area contributed by atoms with Gasteiger partial charge in [-0.05, 0) is 30.8 Å². The third kappa shape index (κ3) is 4.24. The third-order valence-corrected chi connectivity index (χ3v) is 3.87. The number of halogens is 4. The van der Waals surface area contributed by atoms with Crippen LogP contribution in [0.15, 0.2) is 30.3 Å². The zero-order valence-corrected chi connectivity index (χ0v) is 13.5. The number of benzene rings is 2. The van der Waals surface area contributed by atoms with Crippen molar-refractivity contribution < 1.29 is 9.13 Å². The predicted octanol–water partition coefficient (Wildman–Crippen LogP) is 5.08. The molecule has 0 aliphatic carbocycles. The van der Waals surface area contributed by atoms with Gasteiger partial charge in [-0.2, -0.15) is 0 Å². The summed E-state index contributed by atoms with van der Waals surface area (Å²) in [6.07, 6.45) is 0. The van der Waals surface area contributed by atoms with Crippen molar-refractivity contribution in [3.05, 3.63) is 62.3 Å². The lowest BCUT2D eigenvalue weighted by molar-refractivity contribution is 0.300. The molecule has 0 aliphatic rings. The number of rotatable bonds is 5. The van der Waals surface area contributed by atoms with Gasteiger partial charge in [0.15, 0.2) is 0 Å². The van der Waals surface area contributed by atoms with Crippen LogP contribution < -0.4 is 10.1 Å². The Morgan fingerprint density at radius 2 is 1.76 bits per heavy atom. The molecule has 0 heterocycles. The van der Waals surface area contributed by atoms with Crippen LogP contribution in [0.2, 0.25) is 15.1 Å². The zero-order chi connectivity index (χ0) is 15.4. The molecule has 0 atom stereocenters. The maximum Gasteiger partial charge on any atom is 0.139 e. The number of hydrogen-bond acceptors (Lipinski definition) is 2. The summed E-state index contributed by atoms with van der Waals surface area (Å²) in [5.41, 5.74) is 1.42. The molecule has 0 saturated heterocycles. The fourth-order valence-electron chi connectivity index (χ4n) is 1.82. The second-order valence-corrected chi connectivity index (χ2v) is 5.66. The van der Waals surface area contributed by atoms with Crippen LogP contribution in [-0.4, -0.2) is 7.05 Å². The van der Waals surface area contributed by atoms with Crippen molar-refractivity contribution in [3.63, 3.8) is 0 Å². The molecule has 0 aromatic heterocycles. The van der Waals surface area contributed by atoms with Gasteiger partial charge < -0.3 is 10.1 Å². The van der Waals surface area contributed by atoms with E-state index in [1.54, 1.807) is 12.1 Å². The Bertz CT molecular complexity index is 649. The van der Waals surface area contributed by atoms with E-state index in [2.05, 4.69) is 5.32 Å². The standard InChI is InChI=1S/C15H13Cl3FNO/c1-20-7-9-2-3-14(19)10(4-9)8-21-15-6-12(17)11(16)5-13(15)18/h2-6,20H,7-8H2,1H3. The molecular formula is C15H13Cl3FNO. The maximum absolute atomic E-state index is 13.8. The summed E-state index contributed by atoms with van der Waals surface area (Å²) in [7, 11) is 1.83. The minimum absolute atomic E-state index is 0.0566. The van der Waals surface area contributed by atoms with Gasteiger partial charge in [0, 0.05) is 18.2 Å². The molecule has 0 fully saturated rings. The smallest absolute Gasteiger partial charge is 0.139 e. The first kappa shape index (κ1) is 16.4. The normalized spacial score (nSPS) is 10.7. The van der Waals surface area contributed by atoms with Crippen molar-refractivity contribution in [2.24, 2.45) is 0 Å². The highest BCUT2D eigenvalue weighted by Crippen LogP contribution is 2.34. The minimum Gasteiger partial charge on any atom is -0.487 e. The first-order valence-electron chi connectivity index (χ1n) is 6.20. The third-order valence-electron chi connectivity index (χ3n) is 2.85. The first-order chi connectivity index (χ1) is 10.0. The summed E-state index contributed by atoms with van der Waals surface area (Å²) in [6.45, 7) is 0.710. The van der Waals surface area contributed by atoms with Gasteiger partial charge in [0.1, 0.15) is 18.2 Å². The second kappa shape index (κ2) is 7.32. The van der Waals surface area contributed by atoms with E-state index in [9.17, 15) is 4.39 Å². The highest BCUT2D eigenvalue weighted by molar-refractivity contribution is 6.43.